The lowest BCUT2D eigenvalue weighted by atomic mass is 10.4. The zero-order chi connectivity index (χ0) is 11.1. The van der Waals surface area contributed by atoms with Crippen LogP contribution in [0.4, 0.5) is 4.39 Å². The molecular weight excluding hydrogens is 195 g/mol. The summed E-state index contributed by atoms with van der Waals surface area (Å²) < 4.78 is 16.3. The van der Waals surface area contributed by atoms with E-state index in [0.717, 1.165) is 6.92 Å². The van der Waals surface area contributed by atoms with Crippen LogP contribution in [0.1, 0.15) is 6.92 Å². The highest BCUT2D eigenvalue weighted by Crippen LogP contribution is 1.97. The Bertz CT molecular complexity index is 309. The molecule has 0 saturated heterocycles. The van der Waals surface area contributed by atoms with E-state index in [0.29, 0.717) is 0 Å². The maximum atomic E-state index is 12.4. The average molecular weight is 202 g/mol. The van der Waals surface area contributed by atoms with Gasteiger partial charge in [0.05, 0.1) is 0 Å². The number of nitriles is 1. The van der Waals surface area contributed by atoms with Gasteiger partial charge >= 0.3 is 12.5 Å². The van der Waals surface area contributed by atoms with Gasteiger partial charge in [0.2, 0.25) is 5.71 Å². The minimum atomic E-state index is -2.42. The molecule has 0 aromatic rings. The lowest BCUT2D eigenvalue weighted by Gasteiger charge is -2.04. The summed E-state index contributed by atoms with van der Waals surface area (Å²) in [7, 11) is 0. The molecule has 0 rings (SSSR count). The first kappa shape index (κ1) is 11.8. The van der Waals surface area contributed by atoms with Crippen LogP contribution < -0.4 is 5.73 Å². The number of nitrogens with one attached hydrogen (secondary N) is 1. The lowest BCUT2D eigenvalue weighted by molar-refractivity contribution is -0.216. The summed E-state index contributed by atoms with van der Waals surface area (Å²) in [6, 6.07) is 1.38. The van der Waals surface area contributed by atoms with E-state index in [4.69, 9.17) is 16.4 Å². The van der Waals surface area contributed by atoms with E-state index in [2.05, 4.69) is 14.7 Å². The molecule has 0 spiro atoms. The molecule has 8 heteroatoms. The van der Waals surface area contributed by atoms with Gasteiger partial charge in [-0.1, -0.05) is 5.16 Å². The largest absolute Gasteiger partial charge is 0.419 e. The van der Waals surface area contributed by atoms with Gasteiger partial charge in [0, 0.05) is 6.92 Å². The summed E-state index contributed by atoms with van der Waals surface area (Å²) in [5, 5.41) is 17.9. The number of hydrogen-bond donors (Lipinski definition) is 2. The minimum absolute atomic E-state index is 0.611. The summed E-state index contributed by atoms with van der Waals surface area (Å²) in [6.45, 7) is -1.45. The molecule has 0 aliphatic carbocycles. The number of carbonyl (C=O) groups is 1. The number of carbonyl (C=O) groups excluding carboxylic acids is 1. The number of halogens is 1. The van der Waals surface area contributed by atoms with Crippen molar-refractivity contribution in [2.45, 2.75) is 13.5 Å². The predicted octanol–water partition coefficient (Wildman–Crippen LogP) is -0.365. The quantitative estimate of drug-likeness (QED) is 0.212. The molecule has 0 aliphatic heterocycles. The van der Waals surface area contributed by atoms with E-state index in [9.17, 15) is 9.18 Å². The summed E-state index contributed by atoms with van der Waals surface area (Å²) >= 11 is 0. The fourth-order valence-electron chi connectivity index (χ4n) is 0.376. The predicted molar refractivity (Wildman–Crippen MR) is 42.7 cm³/mol. The van der Waals surface area contributed by atoms with Crippen molar-refractivity contribution in [3.05, 3.63) is 0 Å². The van der Waals surface area contributed by atoms with Crippen LogP contribution in [0.5, 0.6) is 0 Å². The zero-order valence-electron chi connectivity index (χ0n) is 7.15. The molecular formula is C6H7FN4O3. The molecule has 0 heterocycles. The summed E-state index contributed by atoms with van der Waals surface area (Å²) in [6.07, 6.45) is 0. The molecule has 14 heavy (non-hydrogen) atoms. The molecule has 7 nitrogen and oxygen atoms in total. The monoisotopic (exact) mass is 202 g/mol. The Labute approximate surface area is 78.4 Å². The van der Waals surface area contributed by atoms with Crippen molar-refractivity contribution in [2.24, 2.45) is 10.9 Å². The lowest BCUT2D eigenvalue weighted by Crippen LogP contribution is -2.22. The molecule has 0 amide bonds. The van der Waals surface area contributed by atoms with Crippen LogP contribution >= 0.6 is 0 Å². The van der Waals surface area contributed by atoms with Crippen LogP contribution in [-0.4, -0.2) is 24.1 Å². The molecule has 0 aromatic heterocycles. The molecule has 1 atom stereocenters. The SMILES string of the molecule is CC(=O)OC(F)O/N=C(\C#N)C(=N)N. The van der Waals surface area contributed by atoms with Crippen molar-refractivity contribution in [1.29, 1.82) is 10.7 Å². The van der Waals surface area contributed by atoms with E-state index in [1.54, 1.807) is 0 Å². The standard InChI is InChI=1S/C6H7FN4O3/c1-3(12)13-6(7)14-11-4(2-8)5(9)10/h6H,1H3,(H3,9,10)/b11-4+. The maximum Gasteiger partial charge on any atom is 0.419 e. The van der Waals surface area contributed by atoms with Crippen molar-refractivity contribution in [3.8, 4) is 6.07 Å². The van der Waals surface area contributed by atoms with Crippen LogP contribution in [0.2, 0.25) is 0 Å². The minimum Gasteiger partial charge on any atom is -0.396 e. The van der Waals surface area contributed by atoms with Crippen molar-refractivity contribution < 1.29 is 18.8 Å². The summed E-state index contributed by atoms with van der Waals surface area (Å²) in [4.78, 5) is 14.1. The van der Waals surface area contributed by atoms with Crippen LogP contribution in [0.15, 0.2) is 5.16 Å². The van der Waals surface area contributed by atoms with Gasteiger partial charge < -0.3 is 15.3 Å². The van der Waals surface area contributed by atoms with Gasteiger partial charge in [-0.05, 0) is 0 Å². The van der Waals surface area contributed by atoms with Gasteiger partial charge in [0.25, 0.3) is 0 Å². The van der Waals surface area contributed by atoms with E-state index in [-0.39, 0.29) is 0 Å². The van der Waals surface area contributed by atoms with Crippen LogP contribution in [0, 0.1) is 16.7 Å². The second-order valence-corrected chi connectivity index (χ2v) is 1.95. The molecule has 0 aliphatic rings. The summed E-state index contributed by atoms with van der Waals surface area (Å²) in [5.74, 6) is -1.59. The zero-order valence-corrected chi connectivity index (χ0v) is 7.15. The first-order chi connectivity index (χ1) is 6.47. The van der Waals surface area contributed by atoms with E-state index >= 15 is 0 Å². The van der Waals surface area contributed by atoms with Gasteiger partial charge in [0.1, 0.15) is 6.07 Å². The molecule has 1 unspecified atom stereocenters. The van der Waals surface area contributed by atoms with Gasteiger partial charge in [-0.2, -0.15) is 9.65 Å². The highest BCUT2D eigenvalue weighted by atomic mass is 19.2. The number of hydrogen-bond acceptors (Lipinski definition) is 6. The third-order valence-corrected chi connectivity index (χ3v) is 0.847. The first-order valence-corrected chi connectivity index (χ1v) is 3.27. The van der Waals surface area contributed by atoms with Gasteiger partial charge in [0.15, 0.2) is 5.84 Å². The summed E-state index contributed by atoms with van der Waals surface area (Å²) in [5.41, 5.74) is 4.24. The Kier molecular flexibility index (Phi) is 4.62. The van der Waals surface area contributed by atoms with E-state index < -0.39 is 24.1 Å². The van der Waals surface area contributed by atoms with Crippen LogP contribution in [0.25, 0.3) is 0 Å². The Hall–Kier alpha value is -2.17. The van der Waals surface area contributed by atoms with Crippen molar-refractivity contribution in [3.63, 3.8) is 0 Å². The van der Waals surface area contributed by atoms with E-state index in [1.165, 1.54) is 6.07 Å². The number of oxime groups is 1. The topological polar surface area (TPSA) is 122 Å². The number of nitrogens with zero attached hydrogens (tertiary/aromatic N) is 2. The number of ether oxygens (including phenoxy) is 1. The van der Waals surface area contributed by atoms with Crippen molar-refractivity contribution in [1.82, 2.24) is 0 Å². The Morgan fingerprint density at radius 3 is 2.71 bits per heavy atom. The van der Waals surface area contributed by atoms with Crippen LogP contribution in [0.3, 0.4) is 0 Å². The van der Waals surface area contributed by atoms with Crippen molar-refractivity contribution >= 4 is 17.5 Å². The molecule has 3 N–H and O–H groups in total. The Morgan fingerprint density at radius 2 is 2.36 bits per heavy atom. The molecule has 0 saturated carbocycles. The highest BCUT2D eigenvalue weighted by Gasteiger charge is 2.11. The fraction of sp³-hybridized carbons (Fsp3) is 0.333. The highest BCUT2D eigenvalue weighted by molar-refractivity contribution is 6.45. The molecule has 0 fully saturated rings. The number of esters is 1. The second-order valence-electron chi connectivity index (χ2n) is 1.95. The van der Waals surface area contributed by atoms with Gasteiger partial charge in [-0.25, -0.2) is 0 Å². The van der Waals surface area contributed by atoms with Gasteiger partial charge in [-0.15, -0.1) is 0 Å². The fourth-order valence-corrected chi connectivity index (χ4v) is 0.376. The molecule has 76 valence electrons. The number of amidine groups is 1. The molecule has 0 bridgehead atoms. The third-order valence-electron chi connectivity index (χ3n) is 0.847. The molecule has 0 aromatic carbocycles. The Morgan fingerprint density at radius 1 is 1.79 bits per heavy atom. The van der Waals surface area contributed by atoms with Crippen molar-refractivity contribution in [2.75, 3.05) is 0 Å². The first-order valence-electron chi connectivity index (χ1n) is 3.27. The van der Waals surface area contributed by atoms with Crippen LogP contribution in [-0.2, 0) is 14.4 Å². The maximum absolute atomic E-state index is 12.4. The number of nitrogens with two attached hydrogens (primary N) is 1. The smallest absolute Gasteiger partial charge is 0.396 e. The van der Waals surface area contributed by atoms with E-state index in [1.807, 2.05) is 0 Å². The second kappa shape index (κ2) is 5.47. The number of alkyl halides is 1. The normalized spacial score (nSPS) is 12.5. The third kappa shape index (κ3) is 4.66. The Balaban J connectivity index is 4.20. The van der Waals surface area contributed by atoms with Gasteiger partial charge in [-0.3, -0.25) is 10.2 Å². The average Bonchev–Trinajstić information content (AvgIpc) is 2.03. The molecule has 0 radical (unpaired) electrons. The number of rotatable bonds is 4.